The molecule has 2 aliphatic heterocycles. The van der Waals surface area contributed by atoms with Gasteiger partial charge in [-0.2, -0.15) is 0 Å². The van der Waals surface area contributed by atoms with Gasteiger partial charge in [-0.05, 0) is 31.6 Å². The third kappa shape index (κ3) is 4.49. The summed E-state index contributed by atoms with van der Waals surface area (Å²) in [7, 11) is 0. The van der Waals surface area contributed by atoms with Gasteiger partial charge in [-0.1, -0.05) is 19.8 Å². The van der Waals surface area contributed by atoms with Crippen LogP contribution in [0.15, 0.2) is 0 Å². The lowest BCUT2D eigenvalue weighted by molar-refractivity contribution is -0.139. The Balaban J connectivity index is 1.69. The summed E-state index contributed by atoms with van der Waals surface area (Å²) in [5.41, 5.74) is 5.26. The summed E-state index contributed by atoms with van der Waals surface area (Å²) in [4.78, 5) is 64.8. The Morgan fingerprint density at radius 3 is 2.40 bits per heavy atom. The topological polar surface area (TPSA) is 130 Å². The summed E-state index contributed by atoms with van der Waals surface area (Å²) in [6.45, 7) is 3.45. The maximum absolute atomic E-state index is 13.3. The Hall–Kier alpha value is -2.45. The normalized spacial score (nSPS) is 25.9. The maximum atomic E-state index is 13.3. The van der Waals surface area contributed by atoms with Crippen molar-refractivity contribution in [3.63, 3.8) is 0 Å². The average molecular weight is 421 g/mol. The fourth-order valence-electron chi connectivity index (χ4n) is 5.09. The van der Waals surface area contributed by atoms with Crippen molar-refractivity contribution in [2.45, 2.75) is 76.9 Å². The molecule has 3 rings (SSSR count). The molecule has 0 bridgehead atoms. The maximum Gasteiger partial charge on any atom is 0.246 e. The number of amides is 4. The van der Waals surface area contributed by atoms with E-state index in [1.165, 1.54) is 6.92 Å². The average Bonchev–Trinajstić information content (AvgIpc) is 3.41. The van der Waals surface area contributed by atoms with Crippen LogP contribution >= 0.6 is 0 Å². The van der Waals surface area contributed by atoms with Gasteiger partial charge in [0.25, 0.3) is 0 Å². The second-order valence-electron chi connectivity index (χ2n) is 8.89. The minimum atomic E-state index is -0.633. The van der Waals surface area contributed by atoms with Gasteiger partial charge in [-0.15, -0.1) is 0 Å². The summed E-state index contributed by atoms with van der Waals surface area (Å²) >= 11 is 0. The number of hydrogen-bond donors (Lipinski definition) is 2. The Bertz CT molecular complexity index is 733. The van der Waals surface area contributed by atoms with E-state index in [0.717, 1.165) is 25.7 Å². The molecule has 3 aliphatic rings. The van der Waals surface area contributed by atoms with E-state index in [1.807, 2.05) is 0 Å². The van der Waals surface area contributed by atoms with E-state index in [1.54, 1.807) is 16.7 Å². The van der Waals surface area contributed by atoms with Crippen LogP contribution in [0.25, 0.3) is 0 Å². The van der Waals surface area contributed by atoms with E-state index in [2.05, 4.69) is 5.32 Å². The number of carbonyl (C=O) groups is 5. The summed E-state index contributed by atoms with van der Waals surface area (Å²) in [6, 6.07) is -1.59. The van der Waals surface area contributed by atoms with Crippen molar-refractivity contribution in [1.82, 2.24) is 15.1 Å². The third-order valence-corrected chi connectivity index (χ3v) is 6.80. The Morgan fingerprint density at radius 2 is 1.80 bits per heavy atom. The number of carbonyl (C=O) groups excluding carboxylic acids is 5. The number of ketones is 1. The number of nitrogens with zero attached hydrogens (tertiary/aromatic N) is 2. The van der Waals surface area contributed by atoms with Gasteiger partial charge >= 0.3 is 0 Å². The molecular weight excluding hydrogens is 388 g/mol. The molecule has 3 N–H and O–H groups in total. The van der Waals surface area contributed by atoms with E-state index >= 15 is 0 Å². The molecule has 9 heteroatoms. The highest BCUT2D eigenvalue weighted by Gasteiger charge is 2.52. The molecule has 3 fully saturated rings. The number of rotatable bonds is 7. The minimum Gasteiger partial charge on any atom is -0.369 e. The summed E-state index contributed by atoms with van der Waals surface area (Å²) in [6.07, 6.45) is 4.85. The fraction of sp³-hybridized carbons (Fsp3) is 0.762. The smallest absolute Gasteiger partial charge is 0.246 e. The standard InChI is InChI=1S/C21H32N4O5/c1-12(20(22)29)7-8-17(28)24-10-9-15-19(24)16(27)11-25(15)21(30)18(23-13(2)26)14-5-3-4-6-14/h12,14-15,18-19H,3-11H2,1-2H3,(H2,22,29)(H,23,26). The number of likely N-dealkylation sites (tertiary alicyclic amines) is 2. The van der Waals surface area contributed by atoms with Crippen molar-refractivity contribution >= 4 is 29.4 Å². The van der Waals surface area contributed by atoms with Crippen LogP contribution in [0.4, 0.5) is 0 Å². The van der Waals surface area contributed by atoms with Gasteiger partial charge in [0.05, 0.1) is 12.6 Å². The van der Waals surface area contributed by atoms with Crippen molar-refractivity contribution in [3.05, 3.63) is 0 Å². The summed E-state index contributed by atoms with van der Waals surface area (Å²) in [5, 5.41) is 2.80. The quantitative estimate of drug-likeness (QED) is 0.597. The fourth-order valence-corrected chi connectivity index (χ4v) is 5.09. The summed E-state index contributed by atoms with van der Waals surface area (Å²) in [5.74, 6) is -1.57. The Kier molecular flexibility index (Phi) is 6.77. The van der Waals surface area contributed by atoms with Crippen LogP contribution in [0.3, 0.4) is 0 Å². The molecule has 9 nitrogen and oxygen atoms in total. The molecule has 166 valence electrons. The first kappa shape index (κ1) is 22.2. The molecule has 0 aromatic rings. The zero-order chi connectivity index (χ0) is 22.0. The first-order chi connectivity index (χ1) is 14.2. The number of nitrogens with two attached hydrogens (primary N) is 1. The van der Waals surface area contributed by atoms with E-state index in [0.29, 0.717) is 19.4 Å². The van der Waals surface area contributed by atoms with Crippen LogP contribution in [0.2, 0.25) is 0 Å². The molecule has 0 radical (unpaired) electrons. The van der Waals surface area contributed by atoms with Gasteiger partial charge in [0.1, 0.15) is 12.1 Å². The zero-order valence-corrected chi connectivity index (χ0v) is 17.8. The van der Waals surface area contributed by atoms with Gasteiger partial charge in [0.15, 0.2) is 5.78 Å². The number of fused-ring (bicyclic) bond motifs is 1. The zero-order valence-electron chi connectivity index (χ0n) is 17.8. The van der Waals surface area contributed by atoms with E-state index in [9.17, 15) is 24.0 Å². The summed E-state index contributed by atoms with van der Waals surface area (Å²) < 4.78 is 0. The van der Waals surface area contributed by atoms with Gasteiger partial charge in [0, 0.05) is 25.8 Å². The van der Waals surface area contributed by atoms with Crippen LogP contribution in [0.1, 0.15) is 58.8 Å². The Labute approximate surface area is 176 Å². The third-order valence-electron chi connectivity index (χ3n) is 6.80. The molecular formula is C21H32N4O5. The van der Waals surface area contributed by atoms with Gasteiger partial charge in [-0.3, -0.25) is 24.0 Å². The monoisotopic (exact) mass is 420 g/mol. The van der Waals surface area contributed by atoms with Crippen molar-refractivity contribution < 1.29 is 24.0 Å². The highest BCUT2D eigenvalue weighted by molar-refractivity contribution is 5.99. The lowest BCUT2D eigenvalue weighted by Gasteiger charge is -2.31. The van der Waals surface area contributed by atoms with E-state index in [4.69, 9.17) is 5.73 Å². The van der Waals surface area contributed by atoms with Crippen LogP contribution in [0, 0.1) is 11.8 Å². The molecule has 4 atom stereocenters. The lowest BCUT2D eigenvalue weighted by atomic mass is 9.96. The molecule has 1 saturated carbocycles. The largest absolute Gasteiger partial charge is 0.369 e. The molecule has 2 saturated heterocycles. The molecule has 30 heavy (non-hydrogen) atoms. The second-order valence-corrected chi connectivity index (χ2v) is 8.89. The van der Waals surface area contributed by atoms with Crippen LogP contribution in [-0.2, 0) is 24.0 Å². The number of hydrogen-bond acceptors (Lipinski definition) is 5. The predicted molar refractivity (Wildman–Crippen MR) is 108 cm³/mol. The van der Waals surface area contributed by atoms with Crippen LogP contribution < -0.4 is 11.1 Å². The molecule has 0 aromatic heterocycles. The predicted octanol–water partition coefficient (Wildman–Crippen LogP) is -0.0363. The van der Waals surface area contributed by atoms with Crippen molar-refractivity contribution in [3.8, 4) is 0 Å². The number of primary amides is 1. The lowest BCUT2D eigenvalue weighted by Crippen LogP contribution is -2.53. The van der Waals surface area contributed by atoms with Gasteiger partial charge in [0.2, 0.25) is 23.6 Å². The van der Waals surface area contributed by atoms with Crippen molar-refractivity contribution in [1.29, 1.82) is 0 Å². The molecule has 0 spiro atoms. The van der Waals surface area contributed by atoms with Crippen molar-refractivity contribution in [2.75, 3.05) is 13.1 Å². The van der Waals surface area contributed by atoms with Gasteiger partial charge < -0.3 is 20.9 Å². The first-order valence-corrected chi connectivity index (χ1v) is 10.9. The van der Waals surface area contributed by atoms with Crippen molar-refractivity contribution in [2.24, 2.45) is 17.6 Å². The molecule has 1 aliphatic carbocycles. The Morgan fingerprint density at radius 1 is 1.13 bits per heavy atom. The number of Topliss-reactive ketones (excluding diaryl/α,β-unsaturated/α-hetero) is 1. The molecule has 4 unspecified atom stereocenters. The SMILES string of the molecule is CC(=O)NC(C(=O)N1CC(=O)C2C1CCN2C(=O)CCC(C)C(N)=O)C1CCCC1. The number of nitrogens with one attached hydrogen (secondary N) is 1. The minimum absolute atomic E-state index is 0.0293. The van der Waals surface area contributed by atoms with E-state index < -0.39 is 23.9 Å². The van der Waals surface area contributed by atoms with E-state index in [-0.39, 0.29) is 48.4 Å². The van der Waals surface area contributed by atoms with Gasteiger partial charge in [-0.25, -0.2) is 0 Å². The van der Waals surface area contributed by atoms with Crippen LogP contribution in [-0.4, -0.2) is 70.4 Å². The molecule has 0 aromatic carbocycles. The highest BCUT2D eigenvalue weighted by atomic mass is 16.2. The highest BCUT2D eigenvalue weighted by Crippen LogP contribution is 2.34. The molecule has 2 heterocycles. The second kappa shape index (κ2) is 9.14. The van der Waals surface area contributed by atoms with Crippen LogP contribution in [0.5, 0.6) is 0 Å². The first-order valence-electron chi connectivity index (χ1n) is 10.9. The molecule has 4 amide bonds.